The summed E-state index contributed by atoms with van der Waals surface area (Å²) in [4.78, 5) is 22.6. The molecule has 17 heavy (non-hydrogen) atoms. The minimum absolute atomic E-state index is 0.0481. The van der Waals surface area contributed by atoms with E-state index in [2.05, 4.69) is 16.0 Å². The van der Waals surface area contributed by atoms with Crippen molar-refractivity contribution >= 4 is 29.2 Å². The van der Waals surface area contributed by atoms with E-state index in [1.807, 2.05) is 0 Å². The van der Waals surface area contributed by atoms with Gasteiger partial charge in [-0.2, -0.15) is 0 Å². The first-order chi connectivity index (χ1) is 8.15. The number of hydrogen-bond acceptors (Lipinski definition) is 2. The molecule has 1 fully saturated rings. The van der Waals surface area contributed by atoms with Crippen molar-refractivity contribution in [2.75, 3.05) is 11.9 Å². The second kappa shape index (κ2) is 5.05. The lowest BCUT2D eigenvalue weighted by Crippen LogP contribution is -2.39. The lowest BCUT2D eigenvalue weighted by Gasteiger charge is -2.12. The number of para-hydroxylation sites is 1. The van der Waals surface area contributed by atoms with E-state index in [0.717, 1.165) is 0 Å². The molecule has 0 radical (unpaired) electrons. The van der Waals surface area contributed by atoms with Crippen LogP contribution in [-0.4, -0.2) is 24.5 Å². The van der Waals surface area contributed by atoms with Crippen LogP contribution in [0.4, 0.5) is 10.5 Å². The Morgan fingerprint density at radius 1 is 1.41 bits per heavy atom. The smallest absolute Gasteiger partial charge is 0.319 e. The Morgan fingerprint density at radius 2 is 2.18 bits per heavy atom. The van der Waals surface area contributed by atoms with Gasteiger partial charge in [-0.1, -0.05) is 23.7 Å². The number of carbonyl (C=O) groups excluding carboxylic acids is 2. The van der Waals surface area contributed by atoms with Crippen LogP contribution in [0.2, 0.25) is 5.02 Å². The van der Waals surface area contributed by atoms with E-state index in [-0.39, 0.29) is 18.0 Å². The Kier molecular flexibility index (Phi) is 3.49. The van der Waals surface area contributed by atoms with Crippen molar-refractivity contribution in [1.82, 2.24) is 10.6 Å². The standard InChI is InChI=1S/C11H12ClN3O2/c12-8-3-1-2-4-9(8)15-11(17)14-7-5-10(16)13-6-7/h1-4,7H,5-6H2,(H,13,16)(H2,14,15,17). The third kappa shape index (κ3) is 3.10. The highest BCUT2D eigenvalue weighted by molar-refractivity contribution is 6.33. The average Bonchev–Trinajstić information content (AvgIpc) is 2.67. The Balaban J connectivity index is 1.89. The summed E-state index contributed by atoms with van der Waals surface area (Å²) in [5.74, 6) is -0.0481. The molecule has 5 nitrogen and oxygen atoms in total. The van der Waals surface area contributed by atoms with Gasteiger partial charge in [0.2, 0.25) is 5.91 Å². The molecule has 1 aliphatic heterocycles. The molecule has 0 aliphatic carbocycles. The predicted molar refractivity (Wildman–Crippen MR) is 65.0 cm³/mol. The van der Waals surface area contributed by atoms with Crippen LogP contribution in [0.5, 0.6) is 0 Å². The number of amides is 3. The lowest BCUT2D eigenvalue weighted by molar-refractivity contribution is -0.119. The van der Waals surface area contributed by atoms with E-state index in [1.165, 1.54) is 0 Å². The Morgan fingerprint density at radius 3 is 2.82 bits per heavy atom. The van der Waals surface area contributed by atoms with Gasteiger partial charge in [0.05, 0.1) is 16.8 Å². The van der Waals surface area contributed by atoms with Crippen LogP contribution in [0.1, 0.15) is 6.42 Å². The summed E-state index contributed by atoms with van der Waals surface area (Å²) in [6, 6.07) is 6.44. The SMILES string of the molecule is O=C1CC(NC(=O)Nc2ccccc2Cl)CN1. The number of nitrogens with one attached hydrogen (secondary N) is 3. The van der Waals surface area contributed by atoms with Gasteiger partial charge in [0.25, 0.3) is 0 Å². The molecule has 1 saturated heterocycles. The molecule has 90 valence electrons. The minimum Gasteiger partial charge on any atom is -0.354 e. The second-order valence-corrected chi connectivity index (χ2v) is 4.19. The van der Waals surface area contributed by atoms with Crippen LogP contribution in [-0.2, 0) is 4.79 Å². The molecule has 1 unspecified atom stereocenters. The summed E-state index contributed by atoms with van der Waals surface area (Å²) in [6.45, 7) is 0.467. The minimum atomic E-state index is -0.361. The fourth-order valence-corrected chi connectivity index (χ4v) is 1.80. The molecule has 0 saturated carbocycles. The number of anilines is 1. The van der Waals surface area contributed by atoms with E-state index < -0.39 is 0 Å². The first-order valence-electron chi connectivity index (χ1n) is 5.24. The highest BCUT2D eigenvalue weighted by Crippen LogP contribution is 2.20. The van der Waals surface area contributed by atoms with E-state index >= 15 is 0 Å². The number of carbonyl (C=O) groups is 2. The average molecular weight is 254 g/mol. The van der Waals surface area contributed by atoms with E-state index in [0.29, 0.717) is 23.7 Å². The zero-order valence-electron chi connectivity index (χ0n) is 9.00. The normalized spacial score (nSPS) is 18.6. The van der Waals surface area contributed by atoms with Crippen molar-refractivity contribution < 1.29 is 9.59 Å². The number of urea groups is 1. The summed E-state index contributed by atoms with van der Waals surface area (Å²) in [7, 11) is 0. The van der Waals surface area contributed by atoms with Gasteiger partial charge < -0.3 is 16.0 Å². The molecule has 3 amide bonds. The van der Waals surface area contributed by atoms with Crippen LogP contribution in [0.25, 0.3) is 0 Å². The van der Waals surface area contributed by atoms with Crippen molar-refractivity contribution in [3.8, 4) is 0 Å². The first kappa shape index (κ1) is 11.7. The molecule has 1 aromatic rings. The maximum Gasteiger partial charge on any atom is 0.319 e. The molecule has 3 N–H and O–H groups in total. The van der Waals surface area contributed by atoms with Crippen LogP contribution in [0, 0.1) is 0 Å². The largest absolute Gasteiger partial charge is 0.354 e. The predicted octanol–water partition coefficient (Wildman–Crippen LogP) is 1.35. The molecule has 1 aliphatic rings. The molecule has 0 bridgehead atoms. The van der Waals surface area contributed by atoms with Gasteiger partial charge >= 0.3 is 6.03 Å². The molecule has 0 spiro atoms. The number of rotatable bonds is 2. The topological polar surface area (TPSA) is 70.2 Å². The molecule has 6 heteroatoms. The van der Waals surface area contributed by atoms with Crippen molar-refractivity contribution in [2.24, 2.45) is 0 Å². The molecule has 2 rings (SSSR count). The van der Waals surface area contributed by atoms with Crippen molar-refractivity contribution in [1.29, 1.82) is 0 Å². The fourth-order valence-electron chi connectivity index (χ4n) is 1.61. The van der Waals surface area contributed by atoms with E-state index in [4.69, 9.17) is 11.6 Å². The lowest BCUT2D eigenvalue weighted by atomic mass is 10.2. The van der Waals surface area contributed by atoms with Crippen molar-refractivity contribution in [3.05, 3.63) is 29.3 Å². The van der Waals surface area contributed by atoms with Gasteiger partial charge in [-0.05, 0) is 12.1 Å². The monoisotopic (exact) mass is 253 g/mol. The Bertz CT molecular complexity index is 450. The summed E-state index contributed by atoms with van der Waals surface area (Å²) in [5.41, 5.74) is 0.545. The van der Waals surface area contributed by atoms with Crippen LogP contribution < -0.4 is 16.0 Å². The molecule has 0 aromatic heterocycles. The molecular formula is C11H12ClN3O2. The molecule has 1 aromatic carbocycles. The summed E-state index contributed by atoms with van der Waals surface area (Å²) in [6.07, 6.45) is 0.315. The van der Waals surface area contributed by atoms with Gasteiger partial charge in [-0.3, -0.25) is 4.79 Å². The van der Waals surface area contributed by atoms with Crippen LogP contribution in [0.15, 0.2) is 24.3 Å². The van der Waals surface area contributed by atoms with Crippen LogP contribution >= 0.6 is 11.6 Å². The van der Waals surface area contributed by atoms with Crippen molar-refractivity contribution in [3.63, 3.8) is 0 Å². The van der Waals surface area contributed by atoms with Gasteiger partial charge in [0, 0.05) is 13.0 Å². The maximum absolute atomic E-state index is 11.6. The van der Waals surface area contributed by atoms with Crippen molar-refractivity contribution in [2.45, 2.75) is 12.5 Å². The Labute approximate surface area is 104 Å². The summed E-state index contributed by atoms with van der Waals surface area (Å²) in [5, 5.41) is 8.44. The zero-order chi connectivity index (χ0) is 12.3. The highest BCUT2D eigenvalue weighted by Gasteiger charge is 2.22. The van der Waals surface area contributed by atoms with Gasteiger partial charge in [-0.15, -0.1) is 0 Å². The summed E-state index contributed by atoms with van der Waals surface area (Å²) < 4.78 is 0. The quantitative estimate of drug-likeness (QED) is 0.745. The second-order valence-electron chi connectivity index (χ2n) is 3.78. The first-order valence-corrected chi connectivity index (χ1v) is 5.61. The maximum atomic E-state index is 11.6. The zero-order valence-corrected chi connectivity index (χ0v) is 9.75. The summed E-state index contributed by atoms with van der Waals surface area (Å²) >= 11 is 5.90. The van der Waals surface area contributed by atoms with Gasteiger partial charge in [0.15, 0.2) is 0 Å². The highest BCUT2D eigenvalue weighted by atomic mass is 35.5. The number of hydrogen-bond donors (Lipinski definition) is 3. The van der Waals surface area contributed by atoms with Gasteiger partial charge in [0.1, 0.15) is 0 Å². The van der Waals surface area contributed by atoms with E-state index in [1.54, 1.807) is 24.3 Å². The third-order valence-corrected chi connectivity index (χ3v) is 2.76. The molecule has 1 atom stereocenters. The number of benzene rings is 1. The van der Waals surface area contributed by atoms with Crippen LogP contribution in [0.3, 0.4) is 0 Å². The Hall–Kier alpha value is -1.75. The fraction of sp³-hybridized carbons (Fsp3) is 0.273. The number of halogens is 1. The molecular weight excluding hydrogens is 242 g/mol. The third-order valence-electron chi connectivity index (χ3n) is 2.43. The van der Waals surface area contributed by atoms with E-state index in [9.17, 15) is 9.59 Å². The van der Waals surface area contributed by atoms with Gasteiger partial charge in [-0.25, -0.2) is 4.79 Å². The molecule has 1 heterocycles.